The van der Waals surface area contributed by atoms with Gasteiger partial charge in [-0.1, -0.05) is 23.7 Å². The molecule has 0 spiro atoms. The highest BCUT2D eigenvalue weighted by atomic mass is 35.5. The van der Waals surface area contributed by atoms with Gasteiger partial charge in [-0.3, -0.25) is 4.79 Å². The van der Waals surface area contributed by atoms with E-state index < -0.39 is 18.3 Å². The number of fused-ring (bicyclic) bond motifs is 1. The smallest absolute Gasteiger partial charge is 0.310 e. The van der Waals surface area contributed by atoms with E-state index >= 15 is 0 Å². The number of esters is 1. The number of allylic oxidation sites excluding steroid dienone is 1. The number of carbonyl (C=O) groups is 1. The van der Waals surface area contributed by atoms with Crippen molar-refractivity contribution in [2.24, 2.45) is 0 Å². The lowest BCUT2D eigenvalue weighted by molar-refractivity contribution is -0.142. The number of aromatic nitrogens is 2. The number of imidazole rings is 1. The SMILES string of the molecule is COc1ccc(Cl)cc1CC(=O)OC/C(O)=C(\C#N)c1nc2ccccc2[nH]1. The quantitative estimate of drug-likeness (QED) is 0.372. The van der Waals surface area contributed by atoms with Gasteiger partial charge in [-0.25, -0.2) is 4.98 Å². The van der Waals surface area contributed by atoms with E-state index in [9.17, 15) is 15.2 Å². The van der Waals surface area contributed by atoms with Crippen molar-refractivity contribution in [3.63, 3.8) is 0 Å². The molecule has 8 heteroatoms. The van der Waals surface area contributed by atoms with Gasteiger partial charge in [0.2, 0.25) is 0 Å². The van der Waals surface area contributed by atoms with E-state index in [1.807, 2.05) is 18.2 Å². The maximum Gasteiger partial charge on any atom is 0.310 e. The number of aromatic amines is 1. The van der Waals surface area contributed by atoms with Crippen molar-refractivity contribution < 1.29 is 19.4 Å². The highest BCUT2D eigenvalue weighted by Gasteiger charge is 2.16. The molecular formula is C20H16ClN3O4. The average molecular weight is 398 g/mol. The lowest BCUT2D eigenvalue weighted by Gasteiger charge is -2.09. The molecule has 0 aliphatic carbocycles. The van der Waals surface area contributed by atoms with Crippen LogP contribution in [-0.2, 0) is 16.0 Å². The molecular weight excluding hydrogens is 382 g/mol. The third kappa shape index (κ3) is 4.24. The first-order valence-corrected chi connectivity index (χ1v) is 8.65. The van der Waals surface area contributed by atoms with E-state index in [1.165, 1.54) is 7.11 Å². The monoisotopic (exact) mass is 397 g/mol. The molecule has 0 aliphatic heterocycles. The van der Waals surface area contributed by atoms with Crippen molar-refractivity contribution in [1.82, 2.24) is 9.97 Å². The Morgan fingerprint density at radius 2 is 2.11 bits per heavy atom. The topological polar surface area (TPSA) is 108 Å². The van der Waals surface area contributed by atoms with Gasteiger partial charge in [0.25, 0.3) is 0 Å². The summed E-state index contributed by atoms with van der Waals surface area (Å²) < 4.78 is 10.3. The minimum absolute atomic E-state index is 0.0932. The fraction of sp³-hybridized carbons (Fsp3) is 0.150. The predicted molar refractivity (Wildman–Crippen MR) is 104 cm³/mol. The van der Waals surface area contributed by atoms with Crippen LogP contribution in [0.4, 0.5) is 0 Å². The minimum atomic E-state index is -0.603. The van der Waals surface area contributed by atoms with Crippen LogP contribution < -0.4 is 4.74 Å². The molecule has 2 N–H and O–H groups in total. The molecule has 7 nitrogen and oxygen atoms in total. The number of benzene rings is 2. The standard InChI is InChI=1S/C20H16ClN3O4/c1-27-18-7-6-13(21)8-12(18)9-19(26)28-11-17(25)14(10-22)20-23-15-4-2-3-5-16(15)24-20/h2-8,25H,9,11H2,1H3,(H,23,24)/b17-14-. The number of carbonyl (C=O) groups excluding carboxylic acids is 1. The van der Waals surface area contributed by atoms with Crippen molar-refractivity contribution in [2.75, 3.05) is 13.7 Å². The predicted octanol–water partition coefficient (Wildman–Crippen LogP) is 3.80. The van der Waals surface area contributed by atoms with Gasteiger partial charge >= 0.3 is 5.97 Å². The number of halogens is 1. The zero-order chi connectivity index (χ0) is 20.1. The van der Waals surface area contributed by atoms with Crippen LogP contribution in [0, 0.1) is 11.3 Å². The summed E-state index contributed by atoms with van der Waals surface area (Å²) in [6, 6.07) is 14.0. The van der Waals surface area contributed by atoms with Crippen molar-refractivity contribution in [3.05, 3.63) is 64.6 Å². The summed E-state index contributed by atoms with van der Waals surface area (Å²) in [7, 11) is 1.49. The molecule has 2 aromatic carbocycles. The van der Waals surface area contributed by atoms with Gasteiger partial charge < -0.3 is 19.6 Å². The van der Waals surface area contributed by atoms with Crippen molar-refractivity contribution >= 4 is 34.2 Å². The molecule has 0 radical (unpaired) electrons. The average Bonchev–Trinajstić information content (AvgIpc) is 3.11. The Labute approximate surface area is 165 Å². The van der Waals surface area contributed by atoms with Crippen LogP contribution in [0.25, 0.3) is 16.6 Å². The number of para-hydroxylation sites is 2. The fourth-order valence-electron chi connectivity index (χ4n) is 2.64. The van der Waals surface area contributed by atoms with Crippen LogP contribution in [-0.4, -0.2) is 34.8 Å². The van der Waals surface area contributed by atoms with Crippen molar-refractivity contribution in [3.8, 4) is 11.8 Å². The van der Waals surface area contributed by atoms with Gasteiger partial charge in [-0.15, -0.1) is 0 Å². The van der Waals surface area contributed by atoms with Gasteiger partial charge in [0.1, 0.15) is 24.0 Å². The summed E-state index contributed by atoms with van der Waals surface area (Å²) in [6.45, 7) is -0.457. The number of nitrogens with one attached hydrogen (secondary N) is 1. The number of hydrogen-bond acceptors (Lipinski definition) is 6. The lowest BCUT2D eigenvalue weighted by Crippen LogP contribution is -2.12. The summed E-state index contributed by atoms with van der Waals surface area (Å²) in [4.78, 5) is 19.3. The zero-order valence-corrected chi connectivity index (χ0v) is 15.7. The first-order valence-electron chi connectivity index (χ1n) is 8.27. The Hall–Kier alpha value is -3.50. The van der Waals surface area contributed by atoms with E-state index in [4.69, 9.17) is 21.1 Å². The van der Waals surface area contributed by atoms with Gasteiger partial charge in [-0.2, -0.15) is 5.26 Å². The van der Waals surface area contributed by atoms with Gasteiger partial charge in [-0.05, 0) is 30.3 Å². The summed E-state index contributed by atoms with van der Waals surface area (Å²) >= 11 is 5.94. The molecule has 0 saturated heterocycles. The normalized spacial score (nSPS) is 11.6. The Morgan fingerprint density at radius 1 is 1.32 bits per heavy atom. The first-order chi connectivity index (χ1) is 13.5. The number of nitrogens with zero attached hydrogens (tertiary/aromatic N) is 2. The van der Waals surface area contributed by atoms with Crippen LogP contribution in [0.2, 0.25) is 5.02 Å². The number of hydrogen-bond donors (Lipinski definition) is 2. The van der Waals surface area contributed by atoms with Crippen LogP contribution in [0.15, 0.2) is 48.2 Å². The van der Waals surface area contributed by atoms with Crippen LogP contribution in [0.3, 0.4) is 0 Å². The molecule has 142 valence electrons. The summed E-state index contributed by atoms with van der Waals surface area (Å²) in [5.74, 6) is -0.295. The van der Waals surface area contributed by atoms with E-state index in [2.05, 4.69) is 9.97 Å². The number of nitriles is 1. The highest BCUT2D eigenvalue weighted by molar-refractivity contribution is 6.30. The van der Waals surface area contributed by atoms with E-state index in [0.717, 1.165) is 5.52 Å². The molecule has 0 bridgehead atoms. The Bertz CT molecular complexity index is 1070. The second-order valence-corrected chi connectivity index (χ2v) is 6.27. The largest absolute Gasteiger partial charge is 0.507 e. The van der Waals surface area contributed by atoms with Crippen molar-refractivity contribution in [2.45, 2.75) is 6.42 Å². The second kappa shape index (κ2) is 8.46. The zero-order valence-electron chi connectivity index (χ0n) is 14.9. The number of H-pyrrole nitrogens is 1. The highest BCUT2D eigenvalue weighted by Crippen LogP contribution is 2.24. The van der Waals surface area contributed by atoms with Crippen LogP contribution in [0.5, 0.6) is 5.75 Å². The van der Waals surface area contributed by atoms with Crippen LogP contribution >= 0.6 is 11.6 Å². The molecule has 0 unspecified atom stereocenters. The number of ether oxygens (including phenoxy) is 2. The third-order valence-corrected chi connectivity index (χ3v) is 4.21. The number of methoxy groups -OCH3 is 1. The second-order valence-electron chi connectivity index (χ2n) is 5.83. The van der Waals surface area contributed by atoms with E-state index in [0.29, 0.717) is 21.9 Å². The van der Waals surface area contributed by atoms with E-state index in [1.54, 1.807) is 30.3 Å². The minimum Gasteiger partial charge on any atom is -0.507 e. The molecule has 1 aromatic heterocycles. The molecule has 1 heterocycles. The molecule has 28 heavy (non-hydrogen) atoms. The first kappa shape index (κ1) is 19.3. The maximum absolute atomic E-state index is 12.1. The van der Waals surface area contributed by atoms with Gasteiger partial charge in [0, 0.05) is 10.6 Å². The number of aliphatic hydroxyl groups excluding tert-OH is 1. The Morgan fingerprint density at radius 3 is 2.82 bits per heavy atom. The molecule has 0 aliphatic rings. The third-order valence-electron chi connectivity index (χ3n) is 3.97. The molecule has 0 fully saturated rings. The molecule has 3 aromatic rings. The van der Waals surface area contributed by atoms with E-state index in [-0.39, 0.29) is 17.8 Å². The summed E-state index contributed by atoms with van der Waals surface area (Å²) in [5.41, 5.74) is 1.84. The summed E-state index contributed by atoms with van der Waals surface area (Å²) in [5, 5.41) is 20.1. The van der Waals surface area contributed by atoms with Gasteiger partial charge in [0.05, 0.1) is 24.6 Å². The summed E-state index contributed by atoms with van der Waals surface area (Å²) in [6.07, 6.45) is -0.0937. The van der Waals surface area contributed by atoms with Crippen molar-refractivity contribution in [1.29, 1.82) is 5.26 Å². The number of aliphatic hydroxyl groups is 1. The molecule has 0 amide bonds. The molecule has 3 rings (SSSR count). The fourth-order valence-corrected chi connectivity index (χ4v) is 2.83. The molecule has 0 saturated carbocycles. The Kier molecular flexibility index (Phi) is 5.82. The lowest BCUT2D eigenvalue weighted by atomic mass is 10.1. The maximum atomic E-state index is 12.1. The Balaban J connectivity index is 1.72. The van der Waals surface area contributed by atoms with Gasteiger partial charge in [0.15, 0.2) is 11.6 Å². The number of rotatable bonds is 6. The molecule has 0 atom stereocenters. The van der Waals surface area contributed by atoms with Crippen LogP contribution in [0.1, 0.15) is 11.4 Å².